The molecule has 4 rings (SSSR count). The molecule has 0 spiro atoms. The molecule has 0 bridgehead atoms. The molecule has 0 saturated carbocycles. The van der Waals surface area contributed by atoms with Gasteiger partial charge in [0.2, 0.25) is 0 Å². The number of nitrogens with two attached hydrogens (primary N) is 1. The van der Waals surface area contributed by atoms with Crippen molar-refractivity contribution in [2.24, 2.45) is 5.73 Å². The Morgan fingerprint density at radius 1 is 0.960 bits per heavy atom. The quantitative estimate of drug-likeness (QED) is 0.608. The molecule has 0 aliphatic carbocycles. The molecule has 0 saturated heterocycles. The van der Waals surface area contributed by atoms with Gasteiger partial charge in [-0.3, -0.25) is 14.6 Å². The monoisotopic (exact) mass is 329 g/mol. The summed E-state index contributed by atoms with van der Waals surface area (Å²) in [7, 11) is 0. The number of para-hydroxylation sites is 1. The number of hydrogen-bond acceptors (Lipinski definition) is 4. The molecule has 124 valence electrons. The van der Waals surface area contributed by atoms with Gasteiger partial charge in [0.25, 0.3) is 0 Å². The van der Waals surface area contributed by atoms with Crippen molar-refractivity contribution in [3.8, 4) is 22.4 Å². The fourth-order valence-corrected chi connectivity index (χ4v) is 3.04. The third-order valence-electron chi connectivity index (χ3n) is 4.23. The second-order valence-electron chi connectivity index (χ2n) is 5.91. The third-order valence-corrected chi connectivity index (χ3v) is 4.23. The van der Waals surface area contributed by atoms with Crippen LogP contribution in [0.5, 0.6) is 0 Å². The van der Waals surface area contributed by atoms with Gasteiger partial charge in [-0.25, -0.2) is 0 Å². The Morgan fingerprint density at radius 2 is 1.84 bits per heavy atom. The van der Waals surface area contributed by atoms with Crippen LogP contribution in [0, 0.1) is 0 Å². The van der Waals surface area contributed by atoms with Crippen LogP contribution >= 0.6 is 0 Å². The molecule has 1 aromatic carbocycles. The van der Waals surface area contributed by atoms with Gasteiger partial charge in [-0.2, -0.15) is 5.10 Å². The first-order valence-electron chi connectivity index (χ1n) is 8.39. The number of aromatic nitrogens is 4. The van der Waals surface area contributed by atoms with Gasteiger partial charge in [0.1, 0.15) is 0 Å². The van der Waals surface area contributed by atoms with Crippen LogP contribution in [0.4, 0.5) is 0 Å². The first-order chi connectivity index (χ1) is 12.4. The summed E-state index contributed by atoms with van der Waals surface area (Å²) in [6, 6.07) is 14.1. The summed E-state index contributed by atoms with van der Waals surface area (Å²) >= 11 is 0. The number of rotatable bonds is 5. The largest absolute Gasteiger partial charge is 0.330 e. The molecular formula is C20H19N5. The molecule has 0 radical (unpaired) electrons. The lowest BCUT2D eigenvalue weighted by Gasteiger charge is -2.11. The minimum Gasteiger partial charge on any atom is -0.330 e. The minimum atomic E-state index is 0.659. The molecule has 0 aliphatic heterocycles. The number of pyridine rings is 2. The Balaban J connectivity index is 1.92. The first-order valence-corrected chi connectivity index (χ1v) is 8.39. The Kier molecular flexibility index (Phi) is 4.23. The molecular weight excluding hydrogens is 310 g/mol. The maximum absolute atomic E-state index is 5.61. The highest BCUT2D eigenvalue weighted by Crippen LogP contribution is 2.35. The zero-order valence-electron chi connectivity index (χ0n) is 13.8. The number of fused-ring (bicyclic) bond motifs is 1. The zero-order chi connectivity index (χ0) is 17.1. The van der Waals surface area contributed by atoms with Gasteiger partial charge in [0.05, 0.1) is 17.4 Å². The number of hydrogen-bond donors (Lipinski definition) is 1. The van der Waals surface area contributed by atoms with Gasteiger partial charge in [-0.05, 0) is 31.2 Å². The predicted molar refractivity (Wildman–Crippen MR) is 99.9 cm³/mol. The van der Waals surface area contributed by atoms with Crippen LogP contribution in [0.15, 0.2) is 67.3 Å². The Hall–Kier alpha value is -3.05. The van der Waals surface area contributed by atoms with Crippen molar-refractivity contribution in [2.45, 2.75) is 13.0 Å². The summed E-state index contributed by atoms with van der Waals surface area (Å²) in [5.74, 6) is 0. The third kappa shape index (κ3) is 3.02. The van der Waals surface area contributed by atoms with Crippen LogP contribution in [-0.4, -0.2) is 26.3 Å². The summed E-state index contributed by atoms with van der Waals surface area (Å²) in [5, 5.41) is 5.59. The molecule has 5 nitrogen and oxygen atoms in total. The van der Waals surface area contributed by atoms with E-state index >= 15 is 0 Å². The van der Waals surface area contributed by atoms with Crippen molar-refractivity contribution < 1.29 is 0 Å². The highest BCUT2D eigenvalue weighted by atomic mass is 15.3. The van der Waals surface area contributed by atoms with E-state index in [1.54, 1.807) is 6.20 Å². The van der Waals surface area contributed by atoms with Gasteiger partial charge in [-0.15, -0.1) is 0 Å². The standard InChI is InChI=1S/C20H19N5/c21-9-5-11-25-14-15(12-24-25)20-16-6-1-2-7-18(16)23-13-17(20)19-8-3-4-10-22-19/h1-4,6-8,10,12-14H,5,9,11,21H2. The molecule has 25 heavy (non-hydrogen) atoms. The molecule has 0 amide bonds. The molecule has 2 N–H and O–H groups in total. The van der Waals surface area contributed by atoms with E-state index in [2.05, 4.69) is 27.3 Å². The Bertz CT molecular complexity index is 991. The average molecular weight is 329 g/mol. The van der Waals surface area contributed by atoms with Gasteiger partial charge >= 0.3 is 0 Å². The summed E-state index contributed by atoms with van der Waals surface area (Å²) in [5.41, 5.74) is 10.7. The normalized spacial score (nSPS) is 11.1. The van der Waals surface area contributed by atoms with E-state index in [0.717, 1.165) is 46.3 Å². The second kappa shape index (κ2) is 6.83. The van der Waals surface area contributed by atoms with E-state index in [1.165, 1.54) is 0 Å². The van der Waals surface area contributed by atoms with Crippen molar-refractivity contribution >= 4 is 10.9 Å². The molecule has 3 heterocycles. The van der Waals surface area contributed by atoms with Crippen molar-refractivity contribution in [2.75, 3.05) is 6.54 Å². The molecule has 0 atom stereocenters. The predicted octanol–water partition coefficient (Wildman–Crippen LogP) is 3.51. The van der Waals surface area contributed by atoms with Crippen LogP contribution in [0.25, 0.3) is 33.3 Å². The molecule has 0 fully saturated rings. The van der Waals surface area contributed by atoms with E-state index in [-0.39, 0.29) is 0 Å². The van der Waals surface area contributed by atoms with Crippen LogP contribution in [0.3, 0.4) is 0 Å². The lowest BCUT2D eigenvalue weighted by Crippen LogP contribution is -2.05. The number of aryl methyl sites for hydroxylation is 1. The summed E-state index contributed by atoms with van der Waals surface area (Å²) < 4.78 is 1.94. The smallest absolute Gasteiger partial charge is 0.0723 e. The topological polar surface area (TPSA) is 69.6 Å². The lowest BCUT2D eigenvalue weighted by atomic mass is 9.97. The van der Waals surface area contributed by atoms with Crippen LogP contribution in [0.1, 0.15) is 6.42 Å². The molecule has 3 aromatic heterocycles. The van der Waals surface area contributed by atoms with E-state index in [0.29, 0.717) is 6.54 Å². The molecule has 0 unspecified atom stereocenters. The SMILES string of the molecule is NCCCn1cc(-c2c(-c3ccccn3)cnc3ccccc23)cn1. The fourth-order valence-electron chi connectivity index (χ4n) is 3.04. The fraction of sp³-hybridized carbons (Fsp3) is 0.150. The maximum Gasteiger partial charge on any atom is 0.0723 e. The average Bonchev–Trinajstić information content (AvgIpc) is 3.14. The van der Waals surface area contributed by atoms with Gasteiger partial charge in [-0.1, -0.05) is 24.3 Å². The van der Waals surface area contributed by atoms with E-state index in [4.69, 9.17) is 5.73 Å². The highest BCUT2D eigenvalue weighted by molar-refractivity contribution is 6.01. The zero-order valence-corrected chi connectivity index (χ0v) is 13.8. The molecule has 4 aromatic rings. The van der Waals surface area contributed by atoms with Gasteiger partial charge < -0.3 is 5.73 Å². The van der Waals surface area contributed by atoms with Gasteiger partial charge in [0.15, 0.2) is 0 Å². The second-order valence-corrected chi connectivity index (χ2v) is 5.91. The van der Waals surface area contributed by atoms with Crippen molar-refractivity contribution in [3.63, 3.8) is 0 Å². The van der Waals surface area contributed by atoms with E-state index < -0.39 is 0 Å². The van der Waals surface area contributed by atoms with E-state index in [9.17, 15) is 0 Å². The number of benzene rings is 1. The highest BCUT2D eigenvalue weighted by Gasteiger charge is 2.15. The summed E-state index contributed by atoms with van der Waals surface area (Å²) in [4.78, 5) is 9.13. The summed E-state index contributed by atoms with van der Waals surface area (Å²) in [6.07, 6.45) is 8.59. The van der Waals surface area contributed by atoms with Crippen molar-refractivity contribution in [1.82, 2.24) is 19.7 Å². The molecule has 0 aliphatic rings. The van der Waals surface area contributed by atoms with Crippen LogP contribution in [-0.2, 0) is 6.54 Å². The van der Waals surface area contributed by atoms with Crippen molar-refractivity contribution in [1.29, 1.82) is 0 Å². The van der Waals surface area contributed by atoms with E-state index in [1.807, 2.05) is 53.5 Å². The molecule has 5 heteroatoms. The Morgan fingerprint density at radius 3 is 2.68 bits per heavy atom. The lowest BCUT2D eigenvalue weighted by molar-refractivity contribution is 0.585. The number of nitrogens with zero attached hydrogens (tertiary/aromatic N) is 4. The summed E-state index contributed by atoms with van der Waals surface area (Å²) in [6.45, 7) is 1.48. The Labute approximate surface area is 146 Å². The minimum absolute atomic E-state index is 0.659. The van der Waals surface area contributed by atoms with Crippen molar-refractivity contribution in [3.05, 3.63) is 67.3 Å². The first kappa shape index (κ1) is 15.5. The maximum atomic E-state index is 5.61. The van der Waals surface area contributed by atoms with Gasteiger partial charge in [0, 0.05) is 47.2 Å². The van der Waals surface area contributed by atoms with Crippen LogP contribution < -0.4 is 5.73 Å². The van der Waals surface area contributed by atoms with Crippen LogP contribution in [0.2, 0.25) is 0 Å².